The molecule has 1 amide bonds. The van der Waals surface area contributed by atoms with Gasteiger partial charge in [-0.25, -0.2) is 0 Å². The van der Waals surface area contributed by atoms with Crippen molar-refractivity contribution in [3.63, 3.8) is 0 Å². The summed E-state index contributed by atoms with van der Waals surface area (Å²) in [7, 11) is -1.41. The van der Waals surface area contributed by atoms with E-state index in [0.29, 0.717) is 21.4 Å². The Balaban J connectivity index is 2.03. The van der Waals surface area contributed by atoms with E-state index in [9.17, 15) is 9.00 Å². The van der Waals surface area contributed by atoms with Gasteiger partial charge in [-0.2, -0.15) is 0 Å². The van der Waals surface area contributed by atoms with Gasteiger partial charge >= 0.3 is 0 Å². The number of nitrogens with one attached hydrogen (secondary N) is 1. The molecular formula is C14H14ClNO3S. The molecule has 20 heavy (non-hydrogen) atoms. The van der Waals surface area contributed by atoms with Crippen LogP contribution in [-0.2, 0) is 15.6 Å². The first-order valence-corrected chi connectivity index (χ1v) is 7.65. The van der Waals surface area contributed by atoms with Gasteiger partial charge in [0.25, 0.3) is 0 Å². The number of halogens is 1. The normalized spacial score (nSPS) is 12.2. The molecule has 1 aromatic heterocycles. The lowest BCUT2D eigenvalue weighted by Crippen LogP contribution is -2.20. The van der Waals surface area contributed by atoms with Crippen LogP contribution in [0.1, 0.15) is 11.3 Å². The highest BCUT2D eigenvalue weighted by atomic mass is 35.5. The van der Waals surface area contributed by atoms with Gasteiger partial charge in [0.1, 0.15) is 11.5 Å². The van der Waals surface area contributed by atoms with Crippen molar-refractivity contribution in [2.75, 3.05) is 11.1 Å². The SMILES string of the molecule is Cc1cc(Cl)ccc1NC(=O)CS(=O)c1ccoc1C. The quantitative estimate of drug-likeness (QED) is 0.942. The Morgan fingerprint density at radius 3 is 2.70 bits per heavy atom. The van der Waals surface area contributed by atoms with E-state index >= 15 is 0 Å². The molecule has 4 nitrogen and oxygen atoms in total. The molecule has 0 aliphatic rings. The number of aryl methyl sites for hydroxylation is 2. The van der Waals surface area contributed by atoms with E-state index in [-0.39, 0.29) is 11.7 Å². The highest BCUT2D eigenvalue weighted by Gasteiger charge is 2.14. The molecule has 2 rings (SSSR count). The summed E-state index contributed by atoms with van der Waals surface area (Å²) in [6.45, 7) is 3.56. The first kappa shape index (κ1) is 14.8. The van der Waals surface area contributed by atoms with E-state index in [1.165, 1.54) is 6.26 Å². The lowest BCUT2D eigenvalue weighted by atomic mass is 10.2. The number of furan rings is 1. The Bertz CT molecular complexity index is 666. The van der Waals surface area contributed by atoms with Gasteiger partial charge < -0.3 is 9.73 Å². The largest absolute Gasteiger partial charge is 0.468 e. The predicted octanol–water partition coefficient (Wildman–Crippen LogP) is 3.30. The summed E-state index contributed by atoms with van der Waals surface area (Å²) < 4.78 is 17.1. The van der Waals surface area contributed by atoms with E-state index in [1.54, 1.807) is 31.2 Å². The summed E-state index contributed by atoms with van der Waals surface area (Å²) in [4.78, 5) is 12.4. The lowest BCUT2D eigenvalue weighted by molar-refractivity contribution is -0.113. The zero-order valence-electron chi connectivity index (χ0n) is 11.1. The van der Waals surface area contributed by atoms with Crippen LogP contribution in [0.15, 0.2) is 39.8 Å². The van der Waals surface area contributed by atoms with Gasteiger partial charge in [-0.05, 0) is 43.7 Å². The van der Waals surface area contributed by atoms with Crippen molar-refractivity contribution in [3.05, 3.63) is 46.9 Å². The maximum Gasteiger partial charge on any atom is 0.237 e. The van der Waals surface area contributed by atoms with E-state index < -0.39 is 10.8 Å². The Labute approximate surface area is 124 Å². The van der Waals surface area contributed by atoms with Gasteiger partial charge in [-0.1, -0.05) is 11.6 Å². The molecule has 0 spiro atoms. The second-order valence-corrected chi connectivity index (χ2v) is 6.19. The molecule has 0 bridgehead atoms. The molecule has 2 aromatic rings. The average Bonchev–Trinajstić information content (AvgIpc) is 2.79. The molecule has 1 N–H and O–H groups in total. The number of rotatable bonds is 4. The summed E-state index contributed by atoms with van der Waals surface area (Å²) in [5.74, 6) is 0.149. The molecule has 0 saturated carbocycles. The molecule has 0 radical (unpaired) electrons. The second kappa shape index (κ2) is 6.24. The number of hydrogen-bond acceptors (Lipinski definition) is 3. The molecule has 0 aliphatic carbocycles. The molecular weight excluding hydrogens is 298 g/mol. The molecule has 6 heteroatoms. The van der Waals surface area contributed by atoms with Gasteiger partial charge in [-0.15, -0.1) is 0 Å². The van der Waals surface area contributed by atoms with Gasteiger partial charge in [0, 0.05) is 10.7 Å². The summed E-state index contributed by atoms with van der Waals surface area (Å²) in [5.41, 5.74) is 1.52. The van der Waals surface area contributed by atoms with Crippen LogP contribution in [0.4, 0.5) is 5.69 Å². The third kappa shape index (κ3) is 3.49. The summed E-state index contributed by atoms with van der Waals surface area (Å²) in [6.07, 6.45) is 1.46. The fourth-order valence-corrected chi connectivity index (χ4v) is 3.03. The van der Waals surface area contributed by atoms with Gasteiger partial charge in [0.15, 0.2) is 0 Å². The van der Waals surface area contributed by atoms with Crippen molar-refractivity contribution in [2.45, 2.75) is 18.7 Å². The minimum absolute atomic E-state index is 0.109. The van der Waals surface area contributed by atoms with Crippen molar-refractivity contribution >= 4 is 34.0 Å². The van der Waals surface area contributed by atoms with Crippen molar-refractivity contribution in [3.8, 4) is 0 Å². The smallest absolute Gasteiger partial charge is 0.237 e. The third-order valence-electron chi connectivity index (χ3n) is 2.78. The Kier molecular flexibility index (Phi) is 4.62. The number of amides is 1. The number of carbonyl (C=O) groups excluding carboxylic acids is 1. The fraction of sp³-hybridized carbons (Fsp3) is 0.214. The first-order chi connectivity index (χ1) is 9.47. The Morgan fingerprint density at radius 1 is 1.35 bits per heavy atom. The molecule has 0 fully saturated rings. The summed E-state index contributed by atoms with van der Waals surface area (Å²) in [5, 5.41) is 3.34. The minimum Gasteiger partial charge on any atom is -0.468 e. The predicted molar refractivity (Wildman–Crippen MR) is 79.5 cm³/mol. The molecule has 106 valence electrons. The maximum absolute atomic E-state index is 12.0. The van der Waals surface area contributed by atoms with Crippen LogP contribution < -0.4 is 5.32 Å². The second-order valence-electron chi connectivity index (χ2n) is 4.34. The van der Waals surface area contributed by atoms with Crippen LogP contribution >= 0.6 is 11.6 Å². The van der Waals surface area contributed by atoms with Crippen LogP contribution in [0, 0.1) is 13.8 Å². The zero-order chi connectivity index (χ0) is 14.7. The molecule has 1 aromatic carbocycles. The summed E-state index contributed by atoms with van der Waals surface area (Å²) >= 11 is 5.85. The van der Waals surface area contributed by atoms with Crippen LogP contribution in [0.3, 0.4) is 0 Å². The van der Waals surface area contributed by atoms with Crippen molar-refractivity contribution < 1.29 is 13.4 Å². The third-order valence-corrected chi connectivity index (χ3v) is 4.45. The molecule has 1 unspecified atom stereocenters. The molecule has 1 atom stereocenters. The van der Waals surface area contributed by atoms with E-state index in [0.717, 1.165) is 5.56 Å². The fourth-order valence-electron chi connectivity index (χ4n) is 1.76. The van der Waals surface area contributed by atoms with Gasteiger partial charge in [0.2, 0.25) is 5.91 Å². The van der Waals surface area contributed by atoms with E-state index in [1.807, 2.05) is 6.92 Å². The zero-order valence-corrected chi connectivity index (χ0v) is 12.7. The van der Waals surface area contributed by atoms with E-state index in [4.69, 9.17) is 16.0 Å². The molecule has 0 aliphatic heterocycles. The number of carbonyl (C=O) groups is 1. The van der Waals surface area contributed by atoms with Crippen LogP contribution in [-0.4, -0.2) is 15.9 Å². The van der Waals surface area contributed by atoms with Gasteiger partial charge in [-0.3, -0.25) is 9.00 Å². The highest BCUT2D eigenvalue weighted by molar-refractivity contribution is 7.85. The van der Waals surface area contributed by atoms with E-state index in [2.05, 4.69) is 5.32 Å². The Morgan fingerprint density at radius 2 is 2.10 bits per heavy atom. The maximum atomic E-state index is 12.0. The number of hydrogen-bond donors (Lipinski definition) is 1. The Hall–Kier alpha value is -1.59. The molecule has 1 heterocycles. The standard InChI is InChI=1S/C14H14ClNO3S/c1-9-7-11(15)3-4-12(9)16-14(17)8-20(18)13-5-6-19-10(13)2/h3-7H,8H2,1-2H3,(H,16,17). The number of anilines is 1. The molecule has 0 saturated heterocycles. The monoisotopic (exact) mass is 311 g/mol. The average molecular weight is 312 g/mol. The highest BCUT2D eigenvalue weighted by Crippen LogP contribution is 2.20. The topological polar surface area (TPSA) is 59.3 Å². The van der Waals surface area contributed by atoms with Crippen LogP contribution in [0.5, 0.6) is 0 Å². The van der Waals surface area contributed by atoms with Crippen LogP contribution in [0.2, 0.25) is 5.02 Å². The summed E-state index contributed by atoms with van der Waals surface area (Å²) in [6, 6.07) is 6.80. The number of benzene rings is 1. The van der Waals surface area contributed by atoms with Crippen molar-refractivity contribution in [1.82, 2.24) is 0 Å². The lowest BCUT2D eigenvalue weighted by Gasteiger charge is -2.08. The van der Waals surface area contributed by atoms with Crippen molar-refractivity contribution in [2.24, 2.45) is 0 Å². The van der Waals surface area contributed by atoms with Crippen molar-refractivity contribution in [1.29, 1.82) is 0 Å². The van der Waals surface area contributed by atoms with Crippen LogP contribution in [0.25, 0.3) is 0 Å². The minimum atomic E-state index is -1.41. The first-order valence-electron chi connectivity index (χ1n) is 5.96. The van der Waals surface area contributed by atoms with Gasteiger partial charge in [0.05, 0.1) is 22.0 Å².